The van der Waals surface area contributed by atoms with Crippen molar-refractivity contribution >= 4 is 70.6 Å². The van der Waals surface area contributed by atoms with Crippen LogP contribution >= 0.6 is 22.4 Å². The van der Waals surface area contributed by atoms with Crippen molar-refractivity contribution in [1.82, 2.24) is 0 Å². The van der Waals surface area contributed by atoms with Gasteiger partial charge in [-0.3, -0.25) is 0 Å². The van der Waals surface area contributed by atoms with Gasteiger partial charge in [0.2, 0.25) is 0 Å². The molecule has 0 spiro atoms. The van der Waals surface area contributed by atoms with E-state index in [0.717, 1.165) is 34.8 Å². The van der Waals surface area contributed by atoms with Crippen molar-refractivity contribution in [2.75, 3.05) is 0 Å². The van der Waals surface area contributed by atoms with Crippen LogP contribution in [0.1, 0.15) is 11.5 Å². The Labute approximate surface area is 338 Å². The number of rotatable bonds is 13. The molecule has 0 aliphatic carbocycles. The average Bonchev–Trinajstić information content (AvgIpc) is 3.96. The van der Waals surface area contributed by atoms with Crippen molar-refractivity contribution in [1.29, 1.82) is 0 Å². The number of hydrogen-bond donors (Lipinski definition) is 0. The number of hydrogen-bond acceptors (Lipinski definition) is 2. The first kappa shape index (κ1) is 37.0. The maximum absolute atomic E-state index is 7.10. The lowest BCUT2D eigenvalue weighted by Gasteiger charge is -2.27. The molecule has 2 aromatic heterocycles. The first-order valence-corrected chi connectivity index (χ1v) is 24.7. The highest BCUT2D eigenvalue weighted by atomic mass is 31.2. The maximum atomic E-state index is 7.10. The summed E-state index contributed by atoms with van der Waals surface area (Å²) in [5, 5.41) is 9.21. The predicted molar refractivity (Wildman–Crippen MR) is 247 cm³/mol. The van der Waals surface area contributed by atoms with E-state index in [1.165, 1.54) is 37.1 Å². The van der Waals surface area contributed by atoms with Gasteiger partial charge >= 0.3 is 0 Å². The maximum Gasteiger partial charge on any atom is 0.143 e. The van der Waals surface area contributed by atoms with E-state index in [4.69, 9.17) is 8.83 Å². The molecule has 0 saturated heterocycles. The summed E-state index contributed by atoms with van der Waals surface area (Å²) in [5.41, 5.74) is 1.88. The van der Waals surface area contributed by atoms with E-state index >= 15 is 0 Å². The van der Waals surface area contributed by atoms with Crippen LogP contribution in [0.15, 0.2) is 245 Å². The summed E-state index contributed by atoms with van der Waals surface area (Å²) in [4.78, 5) is 0. The summed E-state index contributed by atoms with van der Waals surface area (Å²) in [6.45, 7) is 0. The monoisotopic (exact) mass is 792 g/mol. The van der Waals surface area contributed by atoms with Crippen LogP contribution < -0.4 is 48.1 Å². The van der Waals surface area contributed by atoms with Gasteiger partial charge in [-0.2, -0.15) is 0 Å². The van der Waals surface area contributed by atoms with Crippen LogP contribution in [0, 0.1) is 0 Å². The second-order valence-electron chi connectivity index (χ2n) is 14.1. The van der Waals surface area contributed by atoms with E-state index in [9.17, 15) is 0 Å². The Bertz CT molecular complexity index is 2250. The number of benzene rings is 7. The summed E-state index contributed by atoms with van der Waals surface area (Å²) < 4.78 is 14.2. The van der Waals surface area contributed by atoms with Gasteiger partial charge in [0.1, 0.15) is 81.2 Å². The van der Waals surface area contributed by atoms with Gasteiger partial charge in [-0.15, -0.1) is 0 Å². The molecule has 0 aliphatic rings. The molecular formula is C52H43O2P3+2. The molecule has 2 nitrogen and oxygen atoms in total. The Balaban J connectivity index is 1.14. The second-order valence-corrected chi connectivity index (χ2v) is 23.1. The topological polar surface area (TPSA) is 26.3 Å². The second kappa shape index (κ2) is 16.9. The molecule has 0 fully saturated rings. The third-order valence-electron chi connectivity index (χ3n) is 10.7. The third-order valence-corrected chi connectivity index (χ3v) is 21.5. The van der Waals surface area contributed by atoms with Gasteiger partial charge in [0.05, 0.1) is 7.92 Å². The third kappa shape index (κ3) is 7.39. The van der Waals surface area contributed by atoms with E-state index in [0.29, 0.717) is 0 Å². The van der Waals surface area contributed by atoms with Crippen molar-refractivity contribution in [3.05, 3.63) is 248 Å². The molecule has 0 unspecified atom stereocenters. The van der Waals surface area contributed by atoms with Gasteiger partial charge in [-0.25, -0.2) is 0 Å². The van der Waals surface area contributed by atoms with Crippen molar-refractivity contribution in [2.45, 2.75) is 12.3 Å². The summed E-state index contributed by atoms with van der Waals surface area (Å²) in [5.74, 6) is 1.96. The van der Waals surface area contributed by atoms with Crippen LogP contribution in [0.3, 0.4) is 0 Å². The molecule has 0 aliphatic heterocycles. The normalized spacial score (nSPS) is 11.8. The van der Waals surface area contributed by atoms with Crippen molar-refractivity contribution in [3.8, 4) is 0 Å². The van der Waals surface area contributed by atoms with Crippen molar-refractivity contribution in [2.24, 2.45) is 0 Å². The smallest absolute Gasteiger partial charge is 0.143 e. The summed E-state index contributed by atoms with van der Waals surface area (Å²) >= 11 is 0. The minimum absolute atomic E-state index is 0.768. The highest BCUT2D eigenvalue weighted by Gasteiger charge is 2.48. The van der Waals surface area contributed by atoms with Gasteiger partial charge in [-0.05, 0) is 102 Å². The Morgan fingerprint density at radius 1 is 0.281 bits per heavy atom. The fourth-order valence-corrected chi connectivity index (χ4v) is 18.4. The summed E-state index contributed by atoms with van der Waals surface area (Å²) in [6.07, 6.45) is 1.54. The zero-order valence-corrected chi connectivity index (χ0v) is 34.3. The minimum Gasteiger partial charge on any atom is -0.457 e. The molecule has 0 radical (unpaired) electrons. The van der Waals surface area contributed by atoms with Gasteiger partial charge in [-0.1, -0.05) is 140 Å². The zero-order valence-electron chi connectivity index (χ0n) is 31.6. The Morgan fingerprint density at radius 3 is 0.789 bits per heavy atom. The lowest BCUT2D eigenvalue weighted by molar-refractivity contribution is 0.553. The first-order chi connectivity index (χ1) is 28.2. The van der Waals surface area contributed by atoms with Crippen molar-refractivity contribution in [3.63, 3.8) is 0 Å². The summed E-state index contributed by atoms with van der Waals surface area (Å²) in [7, 11) is -5.42. The molecule has 5 heteroatoms. The summed E-state index contributed by atoms with van der Waals surface area (Å²) in [6, 6.07) is 85.7. The van der Waals surface area contributed by atoms with E-state index < -0.39 is 22.4 Å². The van der Waals surface area contributed by atoms with Crippen LogP contribution in [0.4, 0.5) is 0 Å². The molecule has 9 aromatic rings. The SMILES string of the molecule is c1ccc(P(c2ccc(C[P+](c3ccccc3)(c3ccccc3)c3ccccc3)o2)c2ccc(C[P+](c3ccccc3)(c3ccccc3)c3ccccc3)o2)cc1. The molecular weight excluding hydrogens is 749 g/mol. The van der Waals surface area contributed by atoms with E-state index in [-0.39, 0.29) is 0 Å². The molecule has 0 N–H and O–H groups in total. The molecule has 9 rings (SSSR count). The quantitative estimate of drug-likeness (QED) is 0.109. The Kier molecular flexibility index (Phi) is 10.9. The molecule has 2 heterocycles. The predicted octanol–water partition coefficient (Wildman–Crippen LogP) is 9.62. The van der Waals surface area contributed by atoms with Crippen LogP contribution in [0.5, 0.6) is 0 Å². The highest BCUT2D eigenvalue weighted by molar-refractivity contribution is 7.95. The van der Waals surface area contributed by atoms with E-state index in [2.05, 4.69) is 237 Å². The van der Waals surface area contributed by atoms with Gasteiger partial charge in [0.25, 0.3) is 0 Å². The lowest BCUT2D eigenvalue weighted by Crippen LogP contribution is -2.32. The molecule has 0 bridgehead atoms. The minimum atomic E-state index is -2.15. The fourth-order valence-electron chi connectivity index (χ4n) is 8.09. The molecule has 0 atom stereocenters. The van der Waals surface area contributed by atoms with E-state index in [1.54, 1.807) is 0 Å². The average molecular weight is 793 g/mol. The Morgan fingerprint density at radius 2 is 0.526 bits per heavy atom. The Hall–Kier alpha value is -5.61. The van der Waals surface area contributed by atoms with E-state index in [1.807, 2.05) is 0 Å². The largest absolute Gasteiger partial charge is 0.457 e. The molecule has 0 saturated carbocycles. The molecule has 7 aromatic carbocycles. The van der Waals surface area contributed by atoms with Crippen molar-refractivity contribution < 1.29 is 8.83 Å². The van der Waals surface area contributed by atoms with Gasteiger partial charge < -0.3 is 8.83 Å². The highest BCUT2D eigenvalue weighted by Crippen LogP contribution is 2.59. The van der Waals surface area contributed by atoms with Crippen LogP contribution in [0.25, 0.3) is 0 Å². The zero-order chi connectivity index (χ0) is 38.3. The van der Waals surface area contributed by atoms with Crippen LogP contribution in [0.2, 0.25) is 0 Å². The van der Waals surface area contributed by atoms with Crippen LogP contribution in [-0.4, -0.2) is 0 Å². The van der Waals surface area contributed by atoms with Crippen LogP contribution in [-0.2, 0) is 12.3 Å². The molecule has 57 heavy (non-hydrogen) atoms. The van der Waals surface area contributed by atoms with Gasteiger partial charge in [0.15, 0.2) is 0 Å². The van der Waals surface area contributed by atoms with Gasteiger partial charge in [0, 0.05) is 0 Å². The number of furan rings is 2. The fraction of sp³-hybridized carbons (Fsp3) is 0.0385. The molecule has 0 amide bonds. The molecule has 276 valence electrons. The lowest BCUT2D eigenvalue weighted by atomic mass is 10.4. The standard InChI is InChI=1S/C52H43O2P3/c1-8-22-44(23-9-1)55(51-38-36-42(53-51)40-56(45-24-10-2-11-25-45,46-26-12-3-13-27-46)47-28-14-4-15-29-47)52-39-37-43(54-52)41-57(48-30-16-5-17-31-48,49-32-18-6-19-33-49)50-34-20-7-21-35-50/h1-39H,40-41H2/q+2. The first-order valence-electron chi connectivity index (χ1n) is 19.4.